The van der Waals surface area contributed by atoms with Crippen molar-refractivity contribution in [3.05, 3.63) is 65.0 Å². The Morgan fingerprint density at radius 1 is 1.09 bits per heavy atom. The maximum Gasteiger partial charge on any atom is 0.328 e. The lowest BCUT2D eigenvalue weighted by Gasteiger charge is -2.44. The van der Waals surface area contributed by atoms with E-state index in [1.165, 1.54) is 22.1 Å². The van der Waals surface area contributed by atoms with Gasteiger partial charge >= 0.3 is 6.03 Å². The van der Waals surface area contributed by atoms with Crippen LogP contribution in [0.25, 0.3) is 0 Å². The highest BCUT2D eigenvalue weighted by molar-refractivity contribution is 6.00. The van der Waals surface area contributed by atoms with Gasteiger partial charge in [-0.05, 0) is 38.0 Å². The van der Waals surface area contributed by atoms with Crippen molar-refractivity contribution >= 4 is 17.6 Å². The first-order valence-electron chi connectivity index (χ1n) is 11.0. The molecule has 0 aliphatic carbocycles. The van der Waals surface area contributed by atoms with Crippen molar-refractivity contribution in [1.82, 2.24) is 20.0 Å². The van der Waals surface area contributed by atoms with E-state index in [2.05, 4.69) is 47.2 Å². The number of halogens is 1. The smallest absolute Gasteiger partial charge is 0.328 e. The van der Waals surface area contributed by atoms with Crippen molar-refractivity contribution in [2.45, 2.75) is 45.3 Å². The monoisotopic (exact) mass is 437 g/mol. The SMILES string of the molecule is Cc1ccc(N2CCCN3C4C(=O)N(Cc5ccccc5F)C(=O)N(C)C4NC23)c(C)c1. The maximum absolute atomic E-state index is 14.2. The van der Waals surface area contributed by atoms with Crippen LogP contribution in [-0.2, 0) is 11.3 Å². The first kappa shape index (κ1) is 20.9. The van der Waals surface area contributed by atoms with Gasteiger partial charge in [-0.15, -0.1) is 0 Å². The lowest BCUT2D eigenvalue weighted by Crippen LogP contribution is -2.66. The third-order valence-electron chi connectivity index (χ3n) is 6.82. The van der Waals surface area contributed by atoms with Crippen molar-refractivity contribution in [3.63, 3.8) is 0 Å². The van der Waals surface area contributed by atoms with E-state index in [0.717, 1.165) is 25.2 Å². The van der Waals surface area contributed by atoms with Crippen LogP contribution in [0.1, 0.15) is 23.1 Å². The number of carbonyl (C=O) groups excluding carboxylic acids is 2. The number of fused-ring (bicyclic) bond motifs is 3. The summed E-state index contributed by atoms with van der Waals surface area (Å²) >= 11 is 0. The zero-order valence-electron chi connectivity index (χ0n) is 18.6. The number of amides is 3. The number of nitrogens with one attached hydrogen (secondary N) is 1. The molecule has 3 amide bonds. The zero-order valence-corrected chi connectivity index (χ0v) is 18.6. The van der Waals surface area contributed by atoms with Crippen LogP contribution in [-0.4, -0.2) is 65.3 Å². The van der Waals surface area contributed by atoms with Gasteiger partial charge in [0, 0.05) is 31.4 Å². The third kappa shape index (κ3) is 3.25. The number of likely N-dealkylation sites (N-methyl/N-ethyl adjacent to an activating group) is 1. The molecule has 0 radical (unpaired) electrons. The molecular weight excluding hydrogens is 409 g/mol. The molecule has 3 atom stereocenters. The van der Waals surface area contributed by atoms with Crippen LogP contribution in [0.3, 0.4) is 0 Å². The number of urea groups is 1. The van der Waals surface area contributed by atoms with Gasteiger partial charge in [0.15, 0.2) is 0 Å². The Balaban J connectivity index is 1.45. The average Bonchev–Trinajstić information content (AvgIpc) is 3.17. The van der Waals surface area contributed by atoms with E-state index in [9.17, 15) is 14.0 Å². The van der Waals surface area contributed by atoms with E-state index >= 15 is 0 Å². The highest BCUT2D eigenvalue weighted by atomic mass is 19.1. The lowest BCUT2D eigenvalue weighted by atomic mass is 10.1. The van der Waals surface area contributed by atoms with E-state index in [1.807, 2.05) is 0 Å². The number of imide groups is 1. The van der Waals surface area contributed by atoms with Gasteiger partial charge in [0.2, 0.25) is 0 Å². The second-order valence-electron chi connectivity index (χ2n) is 8.91. The number of rotatable bonds is 3. The molecule has 5 rings (SSSR count). The van der Waals surface area contributed by atoms with E-state index < -0.39 is 24.1 Å². The van der Waals surface area contributed by atoms with Gasteiger partial charge in [0.25, 0.3) is 5.91 Å². The van der Waals surface area contributed by atoms with Crippen molar-refractivity contribution in [1.29, 1.82) is 0 Å². The molecule has 3 heterocycles. The fraction of sp³-hybridized carbons (Fsp3) is 0.417. The Bertz CT molecular complexity index is 1080. The number of nitrogens with zero attached hydrogens (tertiary/aromatic N) is 4. The molecule has 32 heavy (non-hydrogen) atoms. The standard InChI is InChI=1S/C24H28FN5O2/c1-15-9-10-19(16(2)13-15)28-11-6-12-29-20-21(26-23(28)29)27(3)24(32)30(22(20)31)14-17-7-4-5-8-18(17)25/h4-5,7-10,13,20-21,23,26H,6,11-12,14H2,1-3H3. The second kappa shape index (κ2) is 7.86. The zero-order chi connectivity index (χ0) is 22.6. The van der Waals surface area contributed by atoms with Crippen molar-refractivity contribution in [2.75, 3.05) is 25.0 Å². The normalized spacial score (nSPS) is 25.9. The van der Waals surface area contributed by atoms with E-state index in [1.54, 1.807) is 30.1 Å². The second-order valence-corrected chi connectivity index (χ2v) is 8.91. The average molecular weight is 438 g/mol. The molecule has 2 aromatic rings. The molecule has 3 aliphatic rings. The van der Waals surface area contributed by atoms with Gasteiger partial charge in [-0.2, -0.15) is 0 Å². The summed E-state index contributed by atoms with van der Waals surface area (Å²) in [5.74, 6) is -0.696. The number of hydrogen-bond acceptors (Lipinski definition) is 5. The van der Waals surface area contributed by atoms with Crippen LogP contribution < -0.4 is 10.2 Å². The predicted molar refractivity (Wildman–Crippen MR) is 119 cm³/mol. The fourth-order valence-corrected chi connectivity index (χ4v) is 5.24. The molecule has 168 valence electrons. The van der Waals surface area contributed by atoms with Crippen LogP contribution in [0.2, 0.25) is 0 Å². The van der Waals surface area contributed by atoms with E-state index in [0.29, 0.717) is 5.56 Å². The molecule has 3 aliphatic heterocycles. The van der Waals surface area contributed by atoms with Gasteiger partial charge in [-0.25, -0.2) is 9.18 Å². The van der Waals surface area contributed by atoms with Crippen LogP contribution in [0.5, 0.6) is 0 Å². The summed E-state index contributed by atoms with van der Waals surface area (Å²) in [6.45, 7) is 5.71. The summed E-state index contributed by atoms with van der Waals surface area (Å²) in [5.41, 5.74) is 3.85. The molecule has 0 spiro atoms. The van der Waals surface area contributed by atoms with Gasteiger partial charge < -0.3 is 9.80 Å². The minimum atomic E-state index is -0.511. The Kier molecular flexibility index (Phi) is 5.14. The molecule has 2 aromatic carbocycles. The molecule has 0 aromatic heterocycles. The summed E-state index contributed by atoms with van der Waals surface area (Å²) in [4.78, 5) is 33.8. The number of hydrogen-bond donors (Lipinski definition) is 1. The topological polar surface area (TPSA) is 59.1 Å². The summed E-state index contributed by atoms with van der Waals surface area (Å²) in [5, 5.41) is 3.53. The summed E-state index contributed by atoms with van der Waals surface area (Å²) in [7, 11) is 1.70. The largest absolute Gasteiger partial charge is 0.343 e. The Labute approximate surface area is 187 Å². The molecule has 3 unspecified atom stereocenters. The first-order valence-corrected chi connectivity index (χ1v) is 11.0. The molecule has 7 nitrogen and oxygen atoms in total. The fourth-order valence-electron chi connectivity index (χ4n) is 5.24. The van der Waals surface area contributed by atoms with Gasteiger partial charge in [0.1, 0.15) is 24.3 Å². The van der Waals surface area contributed by atoms with Crippen molar-refractivity contribution < 1.29 is 14.0 Å². The first-order chi connectivity index (χ1) is 15.4. The summed E-state index contributed by atoms with van der Waals surface area (Å²) < 4.78 is 14.2. The molecule has 0 bridgehead atoms. The van der Waals surface area contributed by atoms with Gasteiger partial charge in [-0.1, -0.05) is 35.9 Å². The number of carbonyl (C=O) groups is 2. The van der Waals surface area contributed by atoms with Crippen molar-refractivity contribution in [2.24, 2.45) is 0 Å². The molecule has 1 N–H and O–H groups in total. The molecule has 3 fully saturated rings. The Morgan fingerprint density at radius 2 is 1.88 bits per heavy atom. The van der Waals surface area contributed by atoms with Crippen LogP contribution >= 0.6 is 0 Å². The quantitative estimate of drug-likeness (QED) is 0.800. The molecule has 3 saturated heterocycles. The number of anilines is 1. The summed E-state index contributed by atoms with van der Waals surface area (Å²) in [6.07, 6.45) is 0.295. The molecule has 8 heteroatoms. The van der Waals surface area contributed by atoms with E-state index in [4.69, 9.17) is 0 Å². The molecule has 0 saturated carbocycles. The Morgan fingerprint density at radius 3 is 2.62 bits per heavy atom. The van der Waals surface area contributed by atoms with Crippen LogP contribution in [0.4, 0.5) is 14.9 Å². The van der Waals surface area contributed by atoms with Crippen LogP contribution in [0, 0.1) is 19.7 Å². The predicted octanol–water partition coefficient (Wildman–Crippen LogP) is 2.63. The number of aryl methyl sites for hydroxylation is 2. The van der Waals surface area contributed by atoms with Gasteiger partial charge in [-0.3, -0.25) is 19.9 Å². The van der Waals surface area contributed by atoms with Gasteiger partial charge in [0.05, 0.1) is 6.54 Å². The van der Waals surface area contributed by atoms with Crippen LogP contribution in [0.15, 0.2) is 42.5 Å². The minimum Gasteiger partial charge on any atom is -0.343 e. The number of benzene rings is 2. The Hall–Kier alpha value is -2.97. The highest BCUT2D eigenvalue weighted by Crippen LogP contribution is 2.34. The maximum atomic E-state index is 14.2. The minimum absolute atomic E-state index is 0.0722. The third-order valence-corrected chi connectivity index (χ3v) is 6.82. The highest BCUT2D eigenvalue weighted by Gasteiger charge is 2.56. The molecular formula is C24H28FN5O2. The van der Waals surface area contributed by atoms with E-state index in [-0.39, 0.29) is 18.7 Å². The van der Waals surface area contributed by atoms with Crippen molar-refractivity contribution in [3.8, 4) is 0 Å². The lowest BCUT2D eigenvalue weighted by molar-refractivity contribution is -0.139. The summed E-state index contributed by atoms with van der Waals surface area (Å²) in [6, 6.07) is 11.7.